The number of ether oxygens (including phenoxy) is 2. The number of carbonyl (C=O) groups is 2. The van der Waals surface area contributed by atoms with Crippen LogP contribution in [0.4, 0.5) is 0 Å². The molecule has 2 fully saturated rings. The smallest absolute Gasteiger partial charge is 0.342 e. The van der Waals surface area contributed by atoms with Crippen molar-refractivity contribution >= 4 is 11.8 Å². The third-order valence-corrected chi connectivity index (χ3v) is 8.38. The molecule has 3 aliphatic rings. The van der Waals surface area contributed by atoms with Gasteiger partial charge in [-0.05, 0) is 61.2 Å². The molecule has 0 aliphatic heterocycles. The Balaban J connectivity index is 2.00. The van der Waals surface area contributed by atoms with Gasteiger partial charge in [0.05, 0.1) is 20.1 Å². The summed E-state index contributed by atoms with van der Waals surface area (Å²) in [6.45, 7) is 11.2. The summed E-state index contributed by atoms with van der Waals surface area (Å²) < 4.78 is 10.0. The summed E-state index contributed by atoms with van der Waals surface area (Å²) in [5, 5.41) is 11.2. The van der Waals surface area contributed by atoms with Gasteiger partial charge in [0.15, 0.2) is 11.4 Å². The number of esters is 1. The van der Waals surface area contributed by atoms with E-state index in [2.05, 4.69) is 27.4 Å². The standard InChI is InChI=1S/C23H34O5/c1-14-8-7-9-18-21(14,3)11-10-15(2)22(18,4)12-16-19(24)17(27-5)13-23(16,26)20(25)28-6/h13,15-16,18,26H,1,7-12H2,2-6H3/t15-,16+,18-,21+,22+,23-/m0/s1. The van der Waals surface area contributed by atoms with Crippen LogP contribution < -0.4 is 0 Å². The van der Waals surface area contributed by atoms with Gasteiger partial charge in [0.1, 0.15) is 0 Å². The summed E-state index contributed by atoms with van der Waals surface area (Å²) >= 11 is 0. The minimum atomic E-state index is -1.97. The van der Waals surface area contributed by atoms with Gasteiger partial charge in [-0.15, -0.1) is 0 Å². The molecule has 3 aliphatic carbocycles. The van der Waals surface area contributed by atoms with Gasteiger partial charge in [-0.25, -0.2) is 4.79 Å². The van der Waals surface area contributed by atoms with Crippen molar-refractivity contribution in [1.29, 1.82) is 0 Å². The highest BCUT2D eigenvalue weighted by atomic mass is 16.5. The molecule has 3 rings (SSSR count). The van der Waals surface area contributed by atoms with E-state index in [-0.39, 0.29) is 22.4 Å². The minimum absolute atomic E-state index is 0.0424. The van der Waals surface area contributed by atoms with E-state index < -0.39 is 17.5 Å². The quantitative estimate of drug-likeness (QED) is 0.584. The number of carbonyl (C=O) groups excluding carboxylic acids is 2. The first-order valence-electron chi connectivity index (χ1n) is 10.3. The Morgan fingerprint density at radius 1 is 1.32 bits per heavy atom. The largest absolute Gasteiger partial charge is 0.493 e. The molecule has 0 amide bonds. The molecule has 0 aromatic rings. The molecule has 0 aromatic carbocycles. The third-order valence-electron chi connectivity index (χ3n) is 8.38. The number of aliphatic hydroxyl groups is 1. The van der Waals surface area contributed by atoms with Crippen LogP contribution in [-0.2, 0) is 19.1 Å². The molecule has 6 atom stereocenters. The zero-order valence-electron chi connectivity index (χ0n) is 17.8. The fraction of sp³-hybridized carbons (Fsp3) is 0.739. The molecule has 0 heterocycles. The summed E-state index contributed by atoms with van der Waals surface area (Å²) in [6.07, 6.45) is 7.05. The van der Waals surface area contributed by atoms with E-state index in [1.165, 1.54) is 25.9 Å². The van der Waals surface area contributed by atoms with E-state index in [0.29, 0.717) is 18.3 Å². The molecule has 0 radical (unpaired) electrons. The lowest BCUT2D eigenvalue weighted by Crippen LogP contribution is -2.54. The fourth-order valence-corrected chi connectivity index (χ4v) is 6.27. The van der Waals surface area contributed by atoms with E-state index >= 15 is 0 Å². The van der Waals surface area contributed by atoms with Gasteiger partial charge < -0.3 is 14.6 Å². The highest BCUT2D eigenvalue weighted by molar-refractivity contribution is 6.05. The first-order valence-corrected chi connectivity index (χ1v) is 10.3. The molecule has 0 bridgehead atoms. The summed E-state index contributed by atoms with van der Waals surface area (Å²) in [5.41, 5.74) is -0.824. The molecular formula is C23H34O5. The van der Waals surface area contributed by atoms with Crippen molar-refractivity contribution in [3.63, 3.8) is 0 Å². The van der Waals surface area contributed by atoms with Crippen LogP contribution in [0.15, 0.2) is 24.0 Å². The molecule has 0 saturated heterocycles. The van der Waals surface area contributed by atoms with Crippen LogP contribution in [0.2, 0.25) is 0 Å². The van der Waals surface area contributed by atoms with Gasteiger partial charge in [-0.1, -0.05) is 32.9 Å². The first-order chi connectivity index (χ1) is 13.0. The lowest BCUT2D eigenvalue weighted by atomic mass is 9.45. The third kappa shape index (κ3) is 2.85. The second kappa shape index (κ2) is 7.01. The molecule has 5 heteroatoms. The Kier molecular flexibility index (Phi) is 5.28. The number of fused-ring (bicyclic) bond motifs is 1. The second-order valence-corrected chi connectivity index (χ2v) is 9.56. The number of rotatable bonds is 4. The van der Waals surface area contributed by atoms with Crippen LogP contribution in [0.25, 0.3) is 0 Å². The van der Waals surface area contributed by atoms with Gasteiger partial charge in [0, 0.05) is 6.08 Å². The molecule has 0 spiro atoms. The van der Waals surface area contributed by atoms with E-state index in [1.807, 2.05) is 0 Å². The Morgan fingerprint density at radius 3 is 2.61 bits per heavy atom. The zero-order valence-corrected chi connectivity index (χ0v) is 17.8. The van der Waals surface area contributed by atoms with Gasteiger partial charge in [-0.2, -0.15) is 0 Å². The van der Waals surface area contributed by atoms with Gasteiger partial charge in [0.25, 0.3) is 0 Å². The fourth-order valence-electron chi connectivity index (χ4n) is 6.27. The van der Waals surface area contributed by atoms with Gasteiger partial charge in [0.2, 0.25) is 5.78 Å². The lowest BCUT2D eigenvalue weighted by Gasteiger charge is -2.59. The highest BCUT2D eigenvalue weighted by Gasteiger charge is 2.60. The van der Waals surface area contributed by atoms with Crippen molar-refractivity contribution in [3.8, 4) is 0 Å². The minimum Gasteiger partial charge on any atom is -0.493 e. The summed E-state index contributed by atoms with van der Waals surface area (Å²) in [7, 11) is 2.62. The predicted molar refractivity (Wildman–Crippen MR) is 106 cm³/mol. The predicted octanol–water partition coefficient (Wildman–Crippen LogP) is 3.81. The number of methoxy groups -OCH3 is 2. The Morgan fingerprint density at radius 2 is 2.00 bits per heavy atom. The van der Waals surface area contributed by atoms with Crippen molar-refractivity contribution in [3.05, 3.63) is 24.0 Å². The Labute approximate surface area is 168 Å². The number of hydrogen-bond donors (Lipinski definition) is 1. The topological polar surface area (TPSA) is 72.8 Å². The maximum Gasteiger partial charge on any atom is 0.342 e. The van der Waals surface area contributed by atoms with Crippen molar-refractivity contribution in [2.75, 3.05) is 14.2 Å². The van der Waals surface area contributed by atoms with Crippen LogP contribution in [0.3, 0.4) is 0 Å². The molecule has 5 nitrogen and oxygen atoms in total. The SMILES string of the molecule is C=C1CCC[C@@H]2[C@](C)(C[C@@H]3C(=O)C(OC)=C[C@@]3(O)C(=O)OC)[C@@H](C)CC[C@]12C. The van der Waals surface area contributed by atoms with Crippen LogP contribution >= 0.6 is 0 Å². The van der Waals surface area contributed by atoms with E-state index in [4.69, 9.17) is 9.47 Å². The van der Waals surface area contributed by atoms with Crippen LogP contribution in [0.5, 0.6) is 0 Å². The number of hydrogen-bond acceptors (Lipinski definition) is 5. The Hall–Kier alpha value is -1.62. The molecule has 2 saturated carbocycles. The Bertz CT molecular complexity index is 725. The molecular weight excluding hydrogens is 356 g/mol. The number of Topliss-reactive ketones (excluding diaryl/α,β-unsaturated/α-hetero) is 1. The van der Waals surface area contributed by atoms with Gasteiger partial charge in [-0.3, -0.25) is 4.79 Å². The summed E-state index contributed by atoms with van der Waals surface area (Å²) in [4.78, 5) is 25.5. The van der Waals surface area contributed by atoms with Crippen molar-refractivity contribution < 1.29 is 24.2 Å². The van der Waals surface area contributed by atoms with Crippen LogP contribution in [0, 0.1) is 28.6 Å². The number of ketones is 1. The van der Waals surface area contributed by atoms with E-state index in [1.54, 1.807) is 0 Å². The molecule has 0 unspecified atom stereocenters. The molecule has 28 heavy (non-hydrogen) atoms. The van der Waals surface area contributed by atoms with Crippen LogP contribution in [-0.4, -0.2) is 36.7 Å². The van der Waals surface area contributed by atoms with Crippen molar-refractivity contribution in [1.82, 2.24) is 0 Å². The molecule has 0 aromatic heterocycles. The molecule has 1 N–H and O–H groups in total. The van der Waals surface area contributed by atoms with Crippen molar-refractivity contribution in [2.45, 2.75) is 64.9 Å². The summed E-state index contributed by atoms with van der Waals surface area (Å²) in [5.74, 6) is -1.23. The van der Waals surface area contributed by atoms with Gasteiger partial charge >= 0.3 is 5.97 Å². The first kappa shape index (κ1) is 21.1. The second-order valence-electron chi connectivity index (χ2n) is 9.56. The average Bonchev–Trinajstić information content (AvgIpc) is 2.91. The monoisotopic (exact) mass is 390 g/mol. The van der Waals surface area contributed by atoms with E-state index in [9.17, 15) is 14.7 Å². The van der Waals surface area contributed by atoms with Crippen molar-refractivity contribution in [2.24, 2.45) is 28.6 Å². The highest BCUT2D eigenvalue weighted by Crippen LogP contribution is 2.63. The van der Waals surface area contributed by atoms with E-state index in [0.717, 1.165) is 32.1 Å². The lowest BCUT2D eigenvalue weighted by molar-refractivity contribution is -0.167. The maximum absolute atomic E-state index is 13.0. The number of allylic oxidation sites excluding steroid dienone is 2. The maximum atomic E-state index is 13.0. The summed E-state index contributed by atoms with van der Waals surface area (Å²) in [6, 6.07) is 0. The van der Waals surface area contributed by atoms with Crippen LogP contribution in [0.1, 0.15) is 59.3 Å². The average molecular weight is 391 g/mol. The molecule has 156 valence electrons. The zero-order chi connectivity index (χ0) is 20.9. The normalized spacial score (nSPS) is 43.4.